The van der Waals surface area contributed by atoms with Crippen molar-refractivity contribution in [2.75, 3.05) is 26.6 Å². The Morgan fingerprint density at radius 2 is 1.71 bits per heavy atom. The molecule has 0 saturated heterocycles. The minimum atomic E-state index is -0.324. The molecule has 146 valence electrons. The number of para-hydroxylation sites is 1. The maximum atomic E-state index is 12.9. The highest BCUT2D eigenvalue weighted by Gasteiger charge is 2.21. The van der Waals surface area contributed by atoms with Crippen LogP contribution in [0.5, 0.6) is 11.5 Å². The first kappa shape index (κ1) is 19.7. The number of hydrogen-bond donors (Lipinski definition) is 1. The Hall–Kier alpha value is -3.05. The van der Waals surface area contributed by atoms with Gasteiger partial charge in [0, 0.05) is 23.2 Å². The third-order valence-corrected chi connectivity index (χ3v) is 4.99. The maximum Gasteiger partial charge on any atom is 0.241 e. The Morgan fingerprint density at radius 3 is 2.46 bits per heavy atom. The fourth-order valence-corrected chi connectivity index (χ4v) is 3.26. The monoisotopic (exact) mass is 378 g/mol. The Labute approximate surface area is 165 Å². The van der Waals surface area contributed by atoms with Gasteiger partial charge in [0.2, 0.25) is 5.91 Å². The van der Waals surface area contributed by atoms with Crippen LogP contribution in [0.2, 0.25) is 0 Å². The van der Waals surface area contributed by atoms with Gasteiger partial charge in [-0.3, -0.25) is 9.69 Å². The summed E-state index contributed by atoms with van der Waals surface area (Å²) in [7, 11) is 5.16. The molecule has 0 bridgehead atoms. The predicted molar refractivity (Wildman–Crippen MR) is 113 cm³/mol. The number of amides is 1. The summed E-state index contributed by atoms with van der Waals surface area (Å²) in [5, 5.41) is 5.20. The molecule has 0 heterocycles. The summed E-state index contributed by atoms with van der Waals surface area (Å²) in [4.78, 5) is 14.8. The van der Waals surface area contributed by atoms with Crippen molar-refractivity contribution < 1.29 is 14.3 Å². The fraction of sp³-hybridized carbons (Fsp3) is 0.261. The van der Waals surface area contributed by atoms with E-state index in [2.05, 4.69) is 5.32 Å². The van der Waals surface area contributed by atoms with Crippen molar-refractivity contribution in [2.24, 2.45) is 0 Å². The summed E-state index contributed by atoms with van der Waals surface area (Å²) < 4.78 is 10.9. The van der Waals surface area contributed by atoms with Crippen LogP contribution in [0.3, 0.4) is 0 Å². The molecule has 3 rings (SSSR count). The number of nitrogens with zero attached hydrogens (tertiary/aromatic N) is 1. The number of rotatable bonds is 7. The fourth-order valence-electron chi connectivity index (χ4n) is 3.26. The highest BCUT2D eigenvalue weighted by atomic mass is 16.5. The van der Waals surface area contributed by atoms with Crippen LogP contribution in [0.1, 0.15) is 12.5 Å². The molecule has 0 fully saturated rings. The van der Waals surface area contributed by atoms with Crippen molar-refractivity contribution in [2.45, 2.75) is 19.5 Å². The van der Waals surface area contributed by atoms with Gasteiger partial charge in [0.25, 0.3) is 0 Å². The third kappa shape index (κ3) is 4.10. The van der Waals surface area contributed by atoms with E-state index >= 15 is 0 Å². The predicted octanol–water partition coefficient (Wildman–Crippen LogP) is 4.32. The molecule has 5 nitrogen and oxygen atoms in total. The average molecular weight is 378 g/mol. The first-order chi connectivity index (χ1) is 13.5. The molecule has 0 aliphatic carbocycles. The molecule has 0 spiro atoms. The first-order valence-electron chi connectivity index (χ1n) is 9.24. The molecular weight excluding hydrogens is 352 g/mol. The Kier molecular flexibility index (Phi) is 6.16. The van der Waals surface area contributed by atoms with Gasteiger partial charge < -0.3 is 14.8 Å². The molecule has 0 unspecified atom stereocenters. The van der Waals surface area contributed by atoms with Gasteiger partial charge in [-0.15, -0.1) is 0 Å². The molecular formula is C23H26N2O3. The lowest BCUT2D eigenvalue weighted by molar-refractivity contribution is -0.120. The minimum Gasteiger partial charge on any atom is -0.493 e. The molecule has 3 aromatic carbocycles. The molecule has 1 N–H and O–H groups in total. The van der Waals surface area contributed by atoms with Crippen molar-refractivity contribution >= 4 is 22.4 Å². The molecule has 5 heteroatoms. The van der Waals surface area contributed by atoms with E-state index in [1.54, 1.807) is 14.2 Å². The summed E-state index contributed by atoms with van der Waals surface area (Å²) in [5.74, 6) is 1.32. The standard InChI is InChI=1S/C23H26N2O3/c1-16(25(2)15-18-11-8-14-21(27-3)22(18)28-4)23(26)24-20-13-7-10-17-9-5-6-12-19(17)20/h5-14,16H,15H2,1-4H3,(H,24,26)/t16-/m0/s1. The van der Waals surface area contributed by atoms with Crippen LogP contribution in [-0.2, 0) is 11.3 Å². The van der Waals surface area contributed by atoms with Crippen molar-refractivity contribution in [3.8, 4) is 11.5 Å². The molecule has 0 aliphatic rings. The summed E-state index contributed by atoms with van der Waals surface area (Å²) in [5.41, 5.74) is 1.79. The zero-order valence-electron chi connectivity index (χ0n) is 16.7. The molecule has 1 atom stereocenters. The Balaban J connectivity index is 1.74. The van der Waals surface area contributed by atoms with Crippen LogP contribution >= 0.6 is 0 Å². The van der Waals surface area contributed by atoms with E-state index in [1.807, 2.05) is 79.5 Å². The van der Waals surface area contributed by atoms with E-state index < -0.39 is 0 Å². The van der Waals surface area contributed by atoms with Gasteiger partial charge in [0.05, 0.1) is 20.3 Å². The molecule has 0 radical (unpaired) electrons. The quantitative estimate of drug-likeness (QED) is 0.665. The number of carbonyl (C=O) groups is 1. The lowest BCUT2D eigenvalue weighted by Crippen LogP contribution is -2.39. The van der Waals surface area contributed by atoms with Gasteiger partial charge in [-0.2, -0.15) is 0 Å². The highest BCUT2D eigenvalue weighted by molar-refractivity contribution is 6.03. The second-order valence-electron chi connectivity index (χ2n) is 6.76. The largest absolute Gasteiger partial charge is 0.493 e. The van der Waals surface area contributed by atoms with E-state index in [9.17, 15) is 4.79 Å². The van der Waals surface area contributed by atoms with E-state index in [-0.39, 0.29) is 11.9 Å². The average Bonchev–Trinajstić information content (AvgIpc) is 2.73. The maximum absolute atomic E-state index is 12.9. The summed E-state index contributed by atoms with van der Waals surface area (Å²) in [6, 6.07) is 19.4. The molecule has 1 amide bonds. The number of likely N-dealkylation sites (N-methyl/N-ethyl adjacent to an activating group) is 1. The van der Waals surface area contributed by atoms with E-state index in [1.165, 1.54) is 0 Å². The third-order valence-electron chi connectivity index (χ3n) is 4.99. The van der Waals surface area contributed by atoms with Gasteiger partial charge in [-0.25, -0.2) is 0 Å². The Morgan fingerprint density at radius 1 is 1.00 bits per heavy atom. The number of carbonyl (C=O) groups excluding carboxylic acids is 1. The second kappa shape index (κ2) is 8.76. The number of ether oxygens (including phenoxy) is 2. The molecule has 0 saturated carbocycles. The molecule has 28 heavy (non-hydrogen) atoms. The molecule has 3 aromatic rings. The minimum absolute atomic E-state index is 0.0549. The van der Waals surface area contributed by atoms with Crippen LogP contribution in [0.4, 0.5) is 5.69 Å². The lowest BCUT2D eigenvalue weighted by Gasteiger charge is -2.25. The number of hydrogen-bond acceptors (Lipinski definition) is 4. The first-order valence-corrected chi connectivity index (χ1v) is 9.24. The number of anilines is 1. The summed E-state index contributed by atoms with van der Waals surface area (Å²) >= 11 is 0. The van der Waals surface area contributed by atoms with Gasteiger partial charge in [-0.05, 0) is 31.5 Å². The van der Waals surface area contributed by atoms with Crippen molar-refractivity contribution in [1.29, 1.82) is 0 Å². The second-order valence-corrected chi connectivity index (χ2v) is 6.76. The van der Waals surface area contributed by atoms with Crippen LogP contribution in [0, 0.1) is 0 Å². The highest BCUT2D eigenvalue weighted by Crippen LogP contribution is 2.31. The molecule has 0 aromatic heterocycles. The summed E-state index contributed by atoms with van der Waals surface area (Å²) in [6.45, 7) is 2.46. The number of fused-ring (bicyclic) bond motifs is 1. The van der Waals surface area contributed by atoms with Gasteiger partial charge in [-0.1, -0.05) is 48.5 Å². The normalized spacial score (nSPS) is 12.0. The number of nitrogens with one attached hydrogen (secondary N) is 1. The van der Waals surface area contributed by atoms with E-state index in [4.69, 9.17) is 9.47 Å². The van der Waals surface area contributed by atoms with Crippen molar-refractivity contribution in [3.05, 3.63) is 66.2 Å². The smallest absolute Gasteiger partial charge is 0.241 e. The van der Waals surface area contributed by atoms with Gasteiger partial charge in [0.15, 0.2) is 11.5 Å². The number of benzene rings is 3. The zero-order valence-corrected chi connectivity index (χ0v) is 16.7. The molecule has 0 aliphatic heterocycles. The Bertz CT molecular complexity index is 966. The van der Waals surface area contributed by atoms with Gasteiger partial charge in [0.1, 0.15) is 0 Å². The number of methoxy groups -OCH3 is 2. The SMILES string of the molecule is COc1cccc(CN(C)[C@@H](C)C(=O)Nc2cccc3ccccc23)c1OC. The van der Waals surface area contributed by atoms with E-state index in [0.29, 0.717) is 18.0 Å². The van der Waals surface area contributed by atoms with Crippen molar-refractivity contribution in [3.63, 3.8) is 0 Å². The van der Waals surface area contributed by atoms with E-state index in [0.717, 1.165) is 22.0 Å². The van der Waals surface area contributed by atoms with Crippen LogP contribution in [0.25, 0.3) is 10.8 Å². The van der Waals surface area contributed by atoms with Crippen molar-refractivity contribution in [1.82, 2.24) is 4.90 Å². The van der Waals surface area contributed by atoms with Crippen LogP contribution in [-0.4, -0.2) is 38.1 Å². The van der Waals surface area contributed by atoms with Crippen LogP contribution < -0.4 is 14.8 Å². The zero-order chi connectivity index (χ0) is 20.1. The lowest BCUT2D eigenvalue weighted by atomic mass is 10.1. The summed E-state index contributed by atoms with van der Waals surface area (Å²) in [6.07, 6.45) is 0. The topological polar surface area (TPSA) is 50.8 Å². The van der Waals surface area contributed by atoms with Crippen LogP contribution in [0.15, 0.2) is 60.7 Å². The van der Waals surface area contributed by atoms with Gasteiger partial charge >= 0.3 is 0 Å².